The lowest BCUT2D eigenvalue weighted by Gasteiger charge is -2.27. The highest BCUT2D eigenvalue weighted by atomic mass is 19.1. The molecule has 7 heteroatoms. The molecular weight excluding hydrogens is 405 g/mol. The number of aromatic nitrogens is 4. The highest BCUT2D eigenvalue weighted by Crippen LogP contribution is 2.30. The van der Waals surface area contributed by atoms with Crippen LogP contribution >= 0.6 is 0 Å². The molecule has 1 aliphatic rings. The van der Waals surface area contributed by atoms with E-state index in [1.165, 1.54) is 6.07 Å². The molecular formula is C25H26FN5O. The number of benzene rings is 1. The molecule has 6 nitrogen and oxygen atoms in total. The average molecular weight is 432 g/mol. The molecule has 3 aromatic heterocycles. The largest absolute Gasteiger partial charge is 0.378 e. The molecule has 0 aliphatic carbocycles. The van der Waals surface area contributed by atoms with Crippen molar-refractivity contribution in [2.24, 2.45) is 0 Å². The maximum absolute atomic E-state index is 14.6. The van der Waals surface area contributed by atoms with Crippen molar-refractivity contribution in [2.75, 3.05) is 31.2 Å². The van der Waals surface area contributed by atoms with Crippen molar-refractivity contribution in [3.05, 3.63) is 77.5 Å². The van der Waals surface area contributed by atoms with E-state index in [1.807, 2.05) is 57.2 Å². The summed E-state index contributed by atoms with van der Waals surface area (Å²) in [6.45, 7) is 8.46. The fraction of sp³-hybridized carbons (Fsp3) is 0.280. The number of nitrogens with zero attached hydrogens (tertiary/aromatic N) is 5. The van der Waals surface area contributed by atoms with Gasteiger partial charge in [0, 0.05) is 41.6 Å². The van der Waals surface area contributed by atoms with Crippen LogP contribution in [0, 0.1) is 26.6 Å². The fourth-order valence-electron chi connectivity index (χ4n) is 3.46. The monoisotopic (exact) mass is 431 g/mol. The number of ether oxygens (including phenoxy) is 1. The third-order valence-electron chi connectivity index (χ3n) is 5.17. The minimum atomic E-state index is -0.284. The third-order valence-corrected chi connectivity index (χ3v) is 5.17. The van der Waals surface area contributed by atoms with Crippen LogP contribution in [0.25, 0.3) is 22.3 Å². The first kappa shape index (κ1) is 21.8. The van der Waals surface area contributed by atoms with Crippen molar-refractivity contribution < 1.29 is 9.13 Å². The predicted molar refractivity (Wildman–Crippen MR) is 124 cm³/mol. The summed E-state index contributed by atoms with van der Waals surface area (Å²) in [6.07, 6.45) is 1.79. The Labute approximate surface area is 187 Å². The van der Waals surface area contributed by atoms with Crippen LogP contribution in [0.3, 0.4) is 0 Å². The number of fused-ring (bicyclic) bond motifs is 1. The van der Waals surface area contributed by atoms with Crippen LogP contribution in [0.4, 0.5) is 10.3 Å². The number of aryl methyl sites for hydroxylation is 3. The van der Waals surface area contributed by atoms with Gasteiger partial charge in [0.05, 0.1) is 18.9 Å². The van der Waals surface area contributed by atoms with Gasteiger partial charge in [-0.05, 0) is 62.7 Å². The van der Waals surface area contributed by atoms with E-state index in [-0.39, 0.29) is 5.82 Å². The molecule has 1 aliphatic heterocycles. The van der Waals surface area contributed by atoms with Gasteiger partial charge in [-0.15, -0.1) is 0 Å². The van der Waals surface area contributed by atoms with Crippen molar-refractivity contribution in [2.45, 2.75) is 20.8 Å². The molecule has 164 valence electrons. The normalized spacial score (nSPS) is 13.6. The fourth-order valence-corrected chi connectivity index (χ4v) is 3.46. The zero-order valence-electron chi connectivity index (χ0n) is 18.5. The maximum atomic E-state index is 14.6. The molecule has 0 radical (unpaired) electrons. The van der Waals surface area contributed by atoms with E-state index in [1.54, 1.807) is 12.3 Å². The van der Waals surface area contributed by atoms with Crippen LogP contribution in [0.15, 0.2) is 54.7 Å². The Morgan fingerprint density at radius 3 is 2.34 bits per heavy atom. The zero-order chi connectivity index (χ0) is 22.5. The minimum Gasteiger partial charge on any atom is -0.378 e. The number of morpholine rings is 1. The van der Waals surface area contributed by atoms with Gasteiger partial charge in [0.15, 0.2) is 5.65 Å². The first-order valence-electron chi connectivity index (χ1n) is 10.6. The molecule has 0 N–H and O–H groups in total. The lowest BCUT2D eigenvalue weighted by Crippen LogP contribution is -2.37. The predicted octanol–water partition coefficient (Wildman–Crippen LogP) is 4.67. The van der Waals surface area contributed by atoms with Gasteiger partial charge in [0.2, 0.25) is 5.95 Å². The summed E-state index contributed by atoms with van der Waals surface area (Å²) >= 11 is 0. The van der Waals surface area contributed by atoms with Crippen LogP contribution in [0.1, 0.15) is 17.0 Å². The van der Waals surface area contributed by atoms with Crippen LogP contribution in [0.2, 0.25) is 0 Å². The molecule has 0 atom stereocenters. The van der Waals surface area contributed by atoms with E-state index >= 15 is 0 Å². The van der Waals surface area contributed by atoms with Crippen molar-refractivity contribution >= 4 is 17.0 Å². The molecule has 0 bridgehead atoms. The Hall–Kier alpha value is -3.45. The van der Waals surface area contributed by atoms with E-state index in [2.05, 4.69) is 19.9 Å². The van der Waals surface area contributed by atoms with Gasteiger partial charge in [-0.25, -0.2) is 14.4 Å². The molecule has 4 heterocycles. The number of anilines is 1. The Balaban J connectivity index is 0.000000300. The molecule has 0 unspecified atom stereocenters. The molecule has 32 heavy (non-hydrogen) atoms. The van der Waals surface area contributed by atoms with Crippen molar-refractivity contribution in [1.29, 1.82) is 0 Å². The number of hydrogen-bond acceptors (Lipinski definition) is 6. The minimum absolute atomic E-state index is 0.284. The lowest BCUT2D eigenvalue weighted by atomic mass is 10.1. The van der Waals surface area contributed by atoms with E-state index in [0.717, 1.165) is 22.3 Å². The summed E-state index contributed by atoms with van der Waals surface area (Å²) in [5.74, 6) is 0.289. The second-order valence-electron chi connectivity index (χ2n) is 7.75. The average Bonchev–Trinajstić information content (AvgIpc) is 2.80. The summed E-state index contributed by atoms with van der Waals surface area (Å²) in [7, 11) is 0. The van der Waals surface area contributed by atoms with Gasteiger partial charge in [-0.1, -0.05) is 12.1 Å². The number of pyridine rings is 2. The molecule has 1 fully saturated rings. The van der Waals surface area contributed by atoms with Crippen LogP contribution in [-0.4, -0.2) is 46.2 Å². The Kier molecular flexibility index (Phi) is 6.66. The molecule has 5 rings (SSSR count). The summed E-state index contributed by atoms with van der Waals surface area (Å²) < 4.78 is 20.0. The Morgan fingerprint density at radius 1 is 0.875 bits per heavy atom. The van der Waals surface area contributed by atoms with E-state index < -0.39 is 0 Å². The number of halogens is 1. The first-order chi connectivity index (χ1) is 15.5. The smallest absolute Gasteiger partial charge is 0.228 e. The topological polar surface area (TPSA) is 64.0 Å². The molecule has 0 spiro atoms. The SMILES string of the molecule is Cc1ccc(-c2nc(N3CCOCC3)nc3nc(C)ccc23)c(F)c1.Cc1ccccn1. The van der Waals surface area contributed by atoms with Gasteiger partial charge in [0.1, 0.15) is 5.82 Å². The Morgan fingerprint density at radius 2 is 1.69 bits per heavy atom. The number of hydrogen-bond donors (Lipinski definition) is 0. The van der Waals surface area contributed by atoms with E-state index in [0.29, 0.717) is 49.2 Å². The Bertz CT molecular complexity index is 1210. The lowest BCUT2D eigenvalue weighted by molar-refractivity contribution is 0.122. The van der Waals surface area contributed by atoms with E-state index in [9.17, 15) is 4.39 Å². The van der Waals surface area contributed by atoms with E-state index in [4.69, 9.17) is 9.72 Å². The van der Waals surface area contributed by atoms with Gasteiger partial charge in [-0.3, -0.25) is 4.98 Å². The molecule has 1 aromatic carbocycles. The van der Waals surface area contributed by atoms with Crippen molar-refractivity contribution in [1.82, 2.24) is 19.9 Å². The van der Waals surface area contributed by atoms with Gasteiger partial charge < -0.3 is 9.64 Å². The summed E-state index contributed by atoms with van der Waals surface area (Å²) in [6, 6.07) is 14.9. The number of rotatable bonds is 2. The van der Waals surface area contributed by atoms with Gasteiger partial charge in [-0.2, -0.15) is 4.98 Å². The second-order valence-corrected chi connectivity index (χ2v) is 7.75. The summed E-state index contributed by atoms with van der Waals surface area (Å²) in [4.78, 5) is 19.9. The van der Waals surface area contributed by atoms with Crippen LogP contribution in [0.5, 0.6) is 0 Å². The van der Waals surface area contributed by atoms with Crippen molar-refractivity contribution in [3.8, 4) is 11.3 Å². The van der Waals surface area contributed by atoms with Crippen LogP contribution < -0.4 is 4.90 Å². The quantitative estimate of drug-likeness (QED) is 0.459. The summed E-state index contributed by atoms with van der Waals surface area (Å²) in [5, 5.41) is 0.755. The highest BCUT2D eigenvalue weighted by Gasteiger charge is 2.19. The first-order valence-corrected chi connectivity index (χ1v) is 10.6. The maximum Gasteiger partial charge on any atom is 0.228 e. The summed E-state index contributed by atoms with van der Waals surface area (Å²) in [5.41, 5.74) is 4.46. The second kappa shape index (κ2) is 9.78. The third kappa shape index (κ3) is 5.06. The van der Waals surface area contributed by atoms with Gasteiger partial charge >= 0.3 is 0 Å². The van der Waals surface area contributed by atoms with Crippen molar-refractivity contribution in [3.63, 3.8) is 0 Å². The highest BCUT2D eigenvalue weighted by molar-refractivity contribution is 5.91. The standard InChI is InChI=1S/C19H19FN4O.C6H7N/c1-12-3-5-14(16(20)11-12)17-15-6-4-13(2)21-18(15)23-19(22-17)24-7-9-25-10-8-24;1-6-4-2-3-5-7-6/h3-6,11H,7-10H2,1-2H3;2-5H,1H3. The molecule has 0 saturated carbocycles. The zero-order valence-corrected chi connectivity index (χ0v) is 18.5. The molecule has 0 amide bonds. The molecule has 1 saturated heterocycles. The molecule has 4 aromatic rings. The van der Waals surface area contributed by atoms with Crippen LogP contribution in [-0.2, 0) is 4.74 Å². The van der Waals surface area contributed by atoms with Gasteiger partial charge in [0.25, 0.3) is 0 Å².